The first-order chi connectivity index (χ1) is 37.4. The minimum absolute atomic E-state index is 0.0217. The van der Waals surface area contributed by atoms with Gasteiger partial charge < -0.3 is 52.6 Å². The van der Waals surface area contributed by atoms with Gasteiger partial charge in [-0.1, -0.05) is 58.0 Å². The molecule has 0 fully saturated rings. The minimum Gasteiger partial charge on any atom is -0.387 e. The van der Waals surface area contributed by atoms with E-state index in [0.29, 0.717) is 37.1 Å². The molecule has 6 atom stereocenters. The smallest absolute Gasteiger partial charge is 0.248 e. The highest BCUT2D eigenvalue weighted by molar-refractivity contribution is 5.97. The van der Waals surface area contributed by atoms with E-state index in [0.717, 1.165) is 23.8 Å². The molecule has 4 rings (SSSR count). The van der Waals surface area contributed by atoms with Crippen molar-refractivity contribution in [1.82, 2.24) is 41.0 Å². The molecule has 4 aromatic rings. The van der Waals surface area contributed by atoms with Crippen molar-refractivity contribution >= 4 is 52.9 Å². The Kier molecular flexibility index (Phi) is 25.1. The molecule has 0 radical (unpaired) electrons. The Morgan fingerprint density at radius 2 is 1.44 bits per heavy atom. The number of nitrogens with one attached hydrogen (secondary N) is 5. The molecule has 2 heterocycles. The lowest BCUT2D eigenvalue weighted by Gasteiger charge is -2.41. The van der Waals surface area contributed by atoms with Crippen molar-refractivity contribution in [1.29, 1.82) is 0 Å². The van der Waals surface area contributed by atoms with Crippen LogP contribution >= 0.6 is 0 Å². The molecule has 0 bridgehead atoms. The number of primary amides is 1. The molecule has 0 aliphatic rings. The highest BCUT2D eigenvalue weighted by atomic mass is 19.1. The summed E-state index contributed by atoms with van der Waals surface area (Å²) in [5.74, 6) is -8.57. The predicted molar refractivity (Wildman–Crippen MR) is 291 cm³/mol. The van der Waals surface area contributed by atoms with E-state index in [1.165, 1.54) is 38.1 Å². The molecule has 0 unspecified atom stereocenters. The van der Waals surface area contributed by atoms with Crippen LogP contribution in [0.3, 0.4) is 0 Å². The lowest BCUT2D eigenvalue weighted by molar-refractivity contribution is -0.140. The maximum Gasteiger partial charge on any atom is 0.248 e. The van der Waals surface area contributed by atoms with Gasteiger partial charge in [0.15, 0.2) is 11.6 Å². The van der Waals surface area contributed by atoms with Gasteiger partial charge in [-0.2, -0.15) is 0 Å². The van der Waals surface area contributed by atoms with E-state index in [9.17, 15) is 52.6 Å². The number of aromatic nitrogens is 2. The standard InChI is InChI=1S/C57H76F2N10O10/c1-35(27-49(73)36(2)64-51(75)28-38-19-24-62-25-20-38)54(77)67-46(31-50(61)74)56(79)66-45(55(78)63-23-12-16-48(72)44(65-37(3)71)15-10-11-22-60)21-26-69(52(76)34-70)53(57(4,5)6)47-29-40(42-30-41(58)17-18-43(42)59)33-68(47)32-39-13-8-7-9-14-39/h7-9,13-14,17-20,24-25,29-30,33,35-36,44-46,53,70H,10-12,15-16,21-23,26-28,31-32,34,60H2,1-6H3,(H2,61,74)(H,63,78)(H,64,75)(H,65,71)(H,66,79)(H,67,77)/t35-,36+,44+,45+,46+,53+/m1/s1. The van der Waals surface area contributed by atoms with Crippen LogP contribution in [0.25, 0.3) is 11.1 Å². The number of aliphatic hydroxyl groups excluding tert-OH is 1. The van der Waals surface area contributed by atoms with Crippen molar-refractivity contribution in [2.45, 2.75) is 136 Å². The molecule has 0 saturated heterocycles. The average Bonchev–Trinajstić information content (AvgIpc) is 3.91. The molecule has 2 aromatic carbocycles. The molecule has 0 aliphatic carbocycles. The van der Waals surface area contributed by atoms with Crippen LogP contribution in [0.15, 0.2) is 85.3 Å². The number of hydrogen-bond acceptors (Lipinski definition) is 12. The number of halogens is 2. The zero-order valence-corrected chi connectivity index (χ0v) is 45.8. The quantitative estimate of drug-likeness (QED) is 0.0326. The van der Waals surface area contributed by atoms with Gasteiger partial charge in [0, 0.05) is 80.7 Å². The summed E-state index contributed by atoms with van der Waals surface area (Å²) < 4.78 is 31.9. The molecule has 10 N–H and O–H groups in total. The van der Waals surface area contributed by atoms with Gasteiger partial charge in [-0.3, -0.25) is 48.1 Å². The van der Waals surface area contributed by atoms with Crippen LogP contribution < -0.4 is 38.1 Å². The summed E-state index contributed by atoms with van der Waals surface area (Å²) in [5, 5.41) is 23.6. The van der Waals surface area contributed by atoms with Crippen molar-refractivity contribution in [2.24, 2.45) is 22.8 Å². The van der Waals surface area contributed by atoms with Gasteiger partial charge in [0.25, 0.3) is 0 Å². The van der Waals surface area contributed by atoms with Gasteiger partial charge in [0.2, 0.25) is 41.4 Å². The van der Waals surface area contributed by atoms with Crippen molar-refractivity contribution < 1.29 is 57.0 Å². The first-order valence-corrected chi connectivity index (χ1v) is 26.4. The van der Waals surface area contributed by atoms with Crippen LogP contribution in [0.5, 0.6) is 0 Å². The van der Waals surface area contributed by atoms with E-state index in [4.69, 9.17) is 11.5 Å². The molecule has 428 valence electrons. The number of pyridine rings is 1. The molecular weight excluding hydrogens is 1020 g/mol. The lowest BCUT2D eigenvalue weighted by atomic mass is 9.82. The van der Waals surface area contributed by atoms with Crippen LogP contribution in [0, 0.1) is 23.0 Å². The third-order valence-electron chi connectivity index (χ3n) is 13.1. The summed E-state index contributed by atoms with van der Waals surface area (Å²) in [6.07, 6.45) is 4.83. The van der Waals surface area contributed by atoms with Crippen molar-refractivity contribution in [3.8, 4) is 11.1 Å². The van der Waals surface area contributed by atoms with Gasteiger partial charge in [-0.25, -0.2) is 8.78 Å². The normalized spacial score (nSPS) is 13.6. The van der Waals surface area contributed by atoms with Gasteiger partial charge in [0.1, 0.15) is 30.3 Å². The molecule has 22 heteroatoms. The van der Waals surface area contributed by atoms with E-state index in [-0.39, 0.29) is 68.6 Å². The number of carbonyl (C=O) groups excluding carboxylic acids is 9. The number of carbonyl (C=O) groups is 9. The SMILES string of the molecule is CC(=O)N[C@@H](CCCCN)C(=O)CCCNC(=O)[C@H](CCN(C(=O)CO)[C@@H](c1cc(-c2cc(F)ccc2F)cn1Cc1ccccc1)C(C)(C)C)NC(=O)[C@H](CC(N)=O)NC(=O)[C@H](C)CC(=O)[C@H](C)NC(=O)Cc1ccncc1. The fraction of sp³-hybridized carbons (Fsp3) is 0.474. The van der Waals surface area contributed by atoms with Crippen molar-refractivity contribution in [3.63, 3.8) is 0 Å². The van der Waals surface area contributed by atoms with Crippen LogP contribution in [0.1, 0.15) is 116 Å². The van der Waals surface area contributed by atoms with Gasteiger partial charge >= 0.3 is 0 Å². The van der Waals surface area contributed by atoms with E-state index >= 15 is 4.39 Å². The van der Waals surface area contributed by atoms with Crippen LogP contribution in [-0.2, 0) is 56.1 Å². The molecule has 0 saturated carbocycles. The summed E-state index contributed by atoms with van der Waals surface area (Å²) in [7, 11) is 0. The zero-order chi connectivity index (χ0) is 58.4. The Morgan fingerprint density at radius 3 is 2.08 bits per heavy atom. The fourth-order valence-electron chi connectivity index (χ4n) is 9.09. The second-order valence-electron chi connectivity index (χ2n) is 20.8. The minimum atomic E-state index is -1.68. The van der Waals surface area contributed by atoms with Gasteiger partial charge in [-0.05, 0) is 98.5 Å². The number of nitrogens with zero attached hydrogens (tertiary/aromatic N) is 3. The first kappa shape index (κ1) is 63.8. The third-order valence-corrected chi connectivity index (χ3v) is 13.1. The van der Waals surface area contributed by atoms with Crippen LogP contribution in [0.4, 0.5) is 8.78 Å². The number of hydrogen-bond donors (Lipinski definition) is 8. The fourth-order valence-corrected chi connectivity index (χ4v) is 9.09. The Hall–Kier alpha value is -7.72. The summed E-state index contributed by atoms with van der Waals surface area (Å²) in [6, 6.07) is 11.3. The lowest BCUT2D eigenvalue weighted by Crippen LogP contribution is -2.56. The number of unbranched alkanes of at least 4 members (excludes halogenated alkanes) is 1. The highest BCUT2D eigenvalue weighted by Crippen LogP contribution is 2.41. The summed E-state index contributed by atoms with van der Waals surface area (Å²) in [6.45, 7) is 8.83. The molecule has 79 heavy (non-hydrogen) atoms. The van der Waals surface area contributed by atoms with Gasteiger partial charge in [0.05, 0.1) is 31.0 Å². The first-order valence-electron chi connectivity index (χ1n) is 26.4. The highest BCUT2D eigenvalue weighted by Gasteiger charge is 2.39. The molecular formula is C57H76F2N10O10. The van der Waals surface area contributed by atoms with E-state index in [1.807, 2.05) is 51.1 Å². The number of aliphatic hydroxyl groups is 1. The summed E-state index contributed by atoms with van der Waals surface area (Å²) in [4.78, 5) is 125. The molecule has 7 amide bonds. The molecule has 20 nitrogen and oxygen atoms in total. The maximum atomic E-state index is 15.4. The van der Waals surface area contributed by atoms with E-state index in [1.54, 1.807) is 29.0 Å². The molecule has 0 aliphatic heterocycles. The number of benzene rings is 2. The number of nitrogens with two attached hydrogens (primary N) is 2. The van der Waals surface area contributed by atoms with Crippen molar-refractivity contribution in [3.05, 3.63) is 114 Å². The monoisotopic (exact) mass is 1100 g/mol. The second kappa shape index (κ2) is 31.0. The third kappa shape index (κ3) is 20.5. The zero-order valence-electron chi connectivity index (χ0n) is 45.8. The number of Topliss-reactive ketones (excluding diaryl/α,β-unsaturated/α-hetero) is 2. The Labute approximate surface area is 459 Å². The number of rotatable bonds is 32. The van der Waals surface area contributed by atoms with Crippen LogP contribution in [-0.4, -0.2) is 123 Å². The molecule has 2 aromatic heterocycles. The predicted octanol–water partition coefficient (Wildman–Crippen LogP) is 3.46. The Balaban J connectivity index is 1.66. The Bertz CT molecular complexity index is 2740. The van der Waals surface area contributed by atoms with E-state index < -0.39 is 113 Å². The second-order valence-corrected chi connectivity index (χ2v) is 20.8. The molecule has 0 spiro atoms. The van der Waals surface area contributed by atoms with Crippen LogP contribution in [0.2, 0.25) is 0 Å². The summed E-state index contributed by atoms with van der Waals surface area (Å²) >= 11 is 0. The van der Waals surface area contributed by atoms with E-state index in [2.05, 4.69) is 31.6 Å². The Morgan fingerprint density at radius 1 is 0.759 bits per heavy atom. The van der Waals surface area contributed by atoms with Crippen molar-refractivity contribution in [2.75, 3.05) is 26.2 Å². The number of ketones is 2. The largest absolute Gasteiger partial charge is 0.387 e. The van der Waals surface area contributed by atoms with Gasteiger partial charge in [-0.15, -0.1) is 0 Å². The average molecular weight is 1100 g/mol. The number of amides is 7. The summed E-state index contributed by atoms with van der Waals surface area (Å²) in [5.41, 5.74) is 12.5. The maximum absolute atomic E-state index is 15.4. The topological polar surface area (TPSA) is 307 Å².